The van der Waals surface area contributed by atoms with Crippen molar-refractivity contribution in [2.24, 2.45) is 5.92 Å². The lowest BCUT2D eigenvalue weighted by Gasteiger charge is -2.50. The normalized spacial score (nSPS) is 26.8. The summed E-state index contributed by atoms with van der Waals surface area (Å²) in [6.45, 7) is 17.1. The summed E-state index contributed by atoms with van der Waals surface area (Å²) >= 11 is 0. The van der Waals surface area contributed by atoms with Crippen LogP contribution in [0, 0.1) is 5.92 Å². The predicted molar refractivity (Wildman–Crippen MR) is 109 cm³/mol. The second-order valence-electron chi connectivity index (χ2n) is 9.48. The van der Waals surface area contributed by atoms with Gasteiger partial charge in [0.25, 0.3) is 5.97 Å². The van der Waals surface area contributed by atoms with Gasteiger partial charge in [-0.3, -0.25) is 4.79 Å². The summed E-state index contributed by atoms with van der Waals surface area (Å²) in [6.07, 6.45) is 2.17. The Morgan fingerprint density at radius 1 is 1.00 bits per heavy atom. The van der Waals surface area contributed by atoms with Crippen molar-refractivity contribution in [3.8, 4) is 0 Å². The van der Waals surface area contributed by atoms with Crippen molar-refractivity contribution >= 4 is 14.5 Å². The molecule has 3 nitrogen and oxygen atoms in total. The van der Waals surface area contributed by atoms with Gasteiger partial charge in [-0.25, -0.2) is 0 Å². The Labute approximate surface area is 160 Å². The smallest absolute Gasteiger partial charge is 0.412 e. The van der Waals surface area contributed by atoms with E-state index in [4.69, 9.17) is 8.85 Å². The number of carbonyl (C=O) groups excluding carboxylic acids is 1. The van der Waals surface area contributed by atoms with Crippen LogP contribution < -0.4 is 0 Å². The van der Waals surface area contributed by atoms with E-state index in [0.717, 1.165) is 5.56 Å². The molecule has 2 atom stereocenters. The average Bonchev–Trinajstić information content (AvgIpc) is 2.58. The van der Waals surface area contributed by atoms with Crippen LogP contribution in [0.3, 0.4) is 0 Å². The largest absolute Gasteiger partial charge is 0.493 e. The molecular weight excluding hydrogens is 340 g/mol. The summed E-state index contributed by atoms with van der Waals surface area (Å²) in [6, 6.07) is 10.3. The van der Waals surface area contributed by atoms with Crippen LogP contribution in [0.5, 0.6) is 0 Å². The highest BCUT2D eigenvalue weighted by atomic mass is 28.4. The highest BCUT2D eigenvalue weighted by Crippen LogP contribution is 2.55. The van der Waals surface area contributed by atoms with Crippen LogP contribution in [0.1, 0.15) is 73.5 Å². The van der Waals surface area contributed by atoms with Gasteiger partial charge in [-0.05, 0) is 12.5 Å². The minimum atomic E-state index is -2.96. The molecule has 144 valence electrons. The third kappa shape index (κ3) is 3.96. The molecule has 1 heterocycles. The van der Waals surface area contributed by atoms with E-state index in [2.05, 4.69) is 67.5 Å². The van der Waals surface area contributed by atoms with Gasteiger partial charge in [0.2, 0.25) is 0 Å². The highest BCUT2D eigenvalue weighted by molar-refractivity contribution is 6.74. The zero-order chi connectivity index (χ0) is 19.8. The molecule has 4 heteroatoms. The van der Waals surface area contributed by atoms with E-state index in [1.54, 1.807) is 0 Å². The molecule has 0 aromatic heterocycles. The van der Waals surface area contributed by atoms with Gasteiger partial charge in [0.15, 0.2) is 0 Å². The van der Waals surface area contributed by atoms with E-state index >= 15 is 0 Å². The van der Waals surface area contributed by atoms with Crippen LogP contribution in [0.4, 0.5) is 0 Å². The molecule has 0 fully saturated rings. The van der Waals surface area contributed by atoms with Crippen LogP contribution in [-0.4, -0.2) is 14.5 Å². The maximum Gasteiger partial charge on any atom is 0.412 e. The molecule has 1 aliphatic rings. The SMILES string of the molecule is C/C1=C\CC(=O)O[Si](C(C)(C)C)(C(C)(C)C)O[C@H](c2ccccc2)[C@H]1C. The third-order valence-corrected chi connectivity index (χ3v) is 10.5. The van der Waals surface area contributed by atoms with Gasteiger partial charge in [0.1, 0.15) is 0 Å². The number of hydrogen-bond donors (Lipinski definition) is 0. The van der Waals surface area contributed by atoms with Gasteiger partial charge in [0, 0.05) is 16.0 Å². The maximum atomic E-state index is 12.7. The molecule has 0 unspecified atom stereocenters. The first-order valence-electron chi connectivity index (χ1n) is 9.50. The van der Waals surface area contributed by atoms with Crippen molar-refractivity contribution < 1.29 is 13.6 Å². The molecule has 2 rings (SSSR count). The van der Waals surface area contributed by atoms with Crippen molar-refractivity contribution in [3.63, 3.8) is 0 Å². The number of benzene rings is 1. The van der Waals surface area contributed by atoms with Crippen LogP contribution in [-0.2, 0) is 13.6 Å². The van der Waals surface area contributed by atoms with Crippen LogP contribution in [0.2, 0.25) is 10.1 Å². The molecule has 0 spiro atoms. The molecule has 0 saturated heterocycles. The Kier molecular flexibility index (Phi) is 5.89. The van der Waals surface area contributed by atoms with E-state index in [1.807, 2.05) is 24.3 Å². The minimum absolute atomic E-state index is 0.136. The van der Waals surface area contributed by atoms with Gasteiger partial charge < -0.3 is 8.85 Å². The summed E-state index contributed by atoms with van der Waals surface area (Å²) < 4.78 is 13.3. The van der Waals surface area contributed by atoms with Gasteiger partial charge in [-0.15, -0.1) is 0 Å². The standard InChI is InChI=1S/C22H34O3Si/c1-16-14-15-19(23)24-26(21(3,4)5,22(6,7)8)25-20(17(16)2)18-12-10-9-11-13-18/h9-14,17,20H,15H2,1-8H3/b16-14+/t17-,20-/m0/s1. The molecule has 0 amide bonds. The summed E-state index contributed by atoms with van der Waals surface area (Å²) in [4.78, 5) is 12.7. The molecule has 0 aliphatic carbocycles. The Morgan fingerprint density at radius 3 is 2.04 bits per heavy atom. The van der Waals surface area contributed by atoms with Gasteiger partial charge in [-0.2, -0.15) is 0 Å². The predicted octanol–water partition coefficient (Wildman–Crippen LogP) is 6.32. The maximum absolute atomic E-state index is 12.7. The molecule has 0 radical (unpaired) electrons. The van der Waals surface area contributed by atoms with Gasteiger partial charge in [-0.1, -0.05) is 90.4 Å². The van der Waals surface area contributed by atoms with Crippen LogP contribution in [0.25, 0.3) is 0 Å². The van der Waals surface area contributed by atoms with Crippen molar-refractivity contribution in [1.82, 2.24) is 0 Å². The van der Waals surface area contributed by atoms with Crippen molar-refractivity contribution in [3.05, 3.63) is 47.5 Å². The van der Waals surface area contributed by atoms with E-state index in [-0.39, 0.29) is 28.1 Å². The van der Waals surface area contributed by atoms with Crippen molar-refractivity contribution in [2.45, 2.75) is 78.0 Å². The van der Waals surface area contributed by atoms with E-state index in [1.165, 1.54) is 5.57 Å². The van der Waals surface area contributed by atoms with Crippen LogP contribution >= 0.6 is 0 Å². The summed E-state index contributed by atoms with van der Waals surface area (Å²) in [7, 11) is -2.96. The lowest BCUT2D eigenvalue weighted by molar-refractivity contribution is -0.137. The first-order valence-corrected chi connectivity index (χ1v) is 11.3. The second-order valence-corrected chi connectivity index (χ2v) is 14.2. The van der Waals surface area contributed by atoms with Crippen molar-refractivity contribution in [2.75, 3.05) is 0 Å². The molecular formula is C22H34O3Si. The Hall–Kier alpha value is -1.39. The average molecular weight is 375 g/mol. The second kappa shape index (κ2) is 7.32. The highest BCUT2D eigenvalue weighted by Gasteiger charge is 2.62. The van der Waals surface area contributed by atoms with E-state index in [9.17, 15) is 4.79 Å². The van der Waals surface area contributed by atoms with Gasteiger partial charge >= 0.3 is 8.56 Å². The molecule has 0 N–H and O–H groups in total. The fraction of sp³-hybridized carbons (Fsp3) is 0.591. The van der Waals surface area contributed by atoms with Crippen molar-refractivity contribution in [1.29, 1.82) is 0 Å². The zero-order valence-corrected chi connectivity index (χ0v) is 18.6. The fourth-order valence-corrected chi connectivity index (χ4v) is 8.68. The fourth-order valence-electron chi connectivity index (χ4n) is 3.96. The molecule has 1 aromatic carbocycles. The number of hydrogen-bond acceptors (Lipinski definition) is 3. The van der Waals surface area contributed by atoms with E-state index in [0.29, 0.717) is 6.42 Å². The number of rotatable bonds is 1. The lowest BCUT2D eigenvalue weighted by Crippen LogP contribution is -2.59. The molecule has 0 saturated carbocycles. The third-order valence-electron chi connectivity index (χ3n) is 5.42. The zero-order valence-electron chi connectivity index (χ0n) is 17.6. The lowest BCUT2D eigenvalue weighted by atomic mass is 9.91. The van der Waals surface area contributed by atoms with E-state index < -0.39 is 8.56 Å². The molecule has 1 aromatic rings. The first-order chi connectivity index (χ1) is 11.9. The summed E-state index contributed by atoms with van der Waals surface area (Å²) in [5.74, 6) is -0.00902. The first kappa shape index (κ1) is 20.9. The molecule has 1 aliphatic heterocycles. The Balaban J connectivity index is 2.67. The monoisotopic (exact) mass is 374 g/mol. The Morgan fingerprint density at radius 2 is 1.54 bits per heavy atom. The van der Waals surface area contributed by atoms with Crippen LogP contribution in [0.15, 0.2) is 42.0 Å². The quantitative estimate of drug-likeness (QED) is 0.426. The Bertz CT molecular complexity index is 651. The number of carbonyl (C=O) groups is 1. The molecule has 26 heavy (non-hydrogen) atoms. The topological polar surface area (TPSA) is 35.5 Å². The minimum Gasteiger partial charge on any atom is -0.493 e. The summed E-state index contributed by atoms with van der Waals surface area (Å²) in [5.41, 5.74) is 2.31. The molecule has 0 bridgehead atoms. The summed E-state index contributed by atoms with van der Waals surface area (Å²) in [5, 5.41) is -0.516. The van der Waals surface area contributed by atoms with Gasteiger partial charge in [0.05, 0.1) is 12.5 Å².